The minimum Gasteiger partial charge on any atom is -0.487 e. The lowest BCUT2D eigenvalue weighted by molar-refractivity contribution is -0.137. The van der Waals surface area contributed by atoms with Crippen molar-refractivity contribution < 1.29 is 31.9 Å². The van der Waals surface area contributed by atoms with Crippen LogP contribution in [0.5, 0.6) is 5.75 Å². The lowest BCUT2D eigenvalue weighted by Gasteiger charge is -2.06. The molecule has 0 N–H and O–H groups in total. The molecule has 0 spiro atoms. The highest BCUT2D eigenvalue weighted by molar-refractivity contribution is 5.86. The number of alkyl halides is 3. The van der Waals surface area contributed by atoms with Crippen LogP contribution >= 0.6 is 0 Å². The molecule has 0 aliphatic carbocycles. The van der Waals surface area contributed by atoms with E-state index in [2.05, 4.69) is 15.3 Å². The molecule has 0 fully saturated rings. The first-order valence-electron chi connectivity index (χ1n) is 12.4. The molecule has 39 heavy (non-hydrogen) atoms. The molecule has 2 aromatic carbocycles. The number of benzene rings is 2. The summed E-state index contributed by atoms with van der Waals surface area (Å²) in [6.45, 7) is 2.91. The fourth-order valence-electron chi connectivity index (χ4n) is 3.64. The van der Waals surface area contributed by atoms with E-state index in [9.17, 15) is 18.0 Å². The number of carbonyl (C=O) groups is 1. The van der Waals surface area contributed by atoms with Gasteiger partial charge in [-0.1, -0.05) is 29.5 Å². The number of hydrogen-bond donors (Lipinski definition) is 0. The molecule has 0 saturated heterocycles. The van der Waals surface area contributed by atoms with Gasteiger partial charge in [-0.2, -0.15) is 13.2 Å². The monoisotopic (exact) mass is 540 g/mol. The second kappa shape index (κ2) is 12.9. The molecule has 0 amide bonds. The highest BCUT2D eigenvalue weighted by atomic mass is 19.4. The van der Waals surface area contributed by atoms with E-state index in [0.717, 1.165) is 31.4 Å². The van der Waals surface area contributed by atoms with Crippen LogP contribution in [0.25, 0.3) is 12.2 Å². The van der Waals surface area contributed by atoms with E-state index in [4.69, 9.17) is 13.9 Å². The highest BCUT2D eigenvalue weighted by Crippen LogP contribution is 2.29. The Balaban J connectivity index is 1.18. The number of halogens is 3. The molecule has 2 aromatic heterocycles. The van der Waals surface area contributed by atoms with Crippen LogP contribution in [-0.2, 0) is 30.5 Å². The molecule has 8 nitrogen and oxygen atoms in total. The minimum atomic E-state index is -4.36. The Morgan fingerprint density at radius 1 is 1.05 bits per heavy atom. The lowest BCUT2D eigenvalue weighted by Crippen LogP contribution is -2.04. The van der Waals surface area contributed by atoms with E-state index in [-0.39, 0.29) is 12.3 Å². The summed E-state index contributed by atoms with van der Waals surface area (Å²) in [6.07, 6.45) is 4.63. The molecule has 4 rings (SSSR count). The van der Waals surface area contributed by atoms with Gasteiger partial charge in [0.25, 0.3) is 0 Å². The second-order valence-corrected chi connectivity index (χ2v) is 8.61. The maximum absolute atomic E-state index is 12.7. The first-order valence-corrected chi connectivity index (χ1v) is 12.4. The van der Waals surface area contributed by atoms with E-state index in [1.54, 1.807) is 30.0 Å². The number of ether oxygens (including phenoxy) is 2. The summed E-state index contributed by atoms with van der Waals surface area (Å²) in [5.41, 5.74) is 1.87. The number of nitrogens with zero attached hydrogens (tertiary/aromatic N) is 4. The van der Waals surface area contributed by atoms with Crippen molar-refractivity contribution >= 4 is 18.1 Å². The maximum Gasteiger partial charge on any atom is 0.416 e. The van der Waals surface area contributed by atoms with Gasteiger partial charge < -0.3 is 13.9 Å². The van der Waals surface area contributed by atoms with Crippen molar-refractivity contribution in [1.82, 2.24) is 20.0 Å². The van der Waals surface area contributed by atoms with Gasteiger partial charge in [0.2, 0.25) is 5.89 Å². The number of oxazole rings is 1. The number of esters is 1. The van der Waals surface area contributed by atoms with E-state index >= 15 is 0 Å². The Morgan fingerprint density at radius 3 is 2.54 bits per heavy atom. The summed E-state index contributed by atoms with van der Waals surface area (Å²) < 4.78 is 55.7. The van der Waals surface area contributed by atoms with Gasteiger partial charge in [-0.05, 0) is 67.7 Å². The minimum absolute atomic E-state index is 0.211. The van der Waals surface area contributed by atoms with Crippen LogP contribution in [-0.4, -0.2) is 32.6 Å². The second-order valence-electron chi connectivity index (χ2n) is 8.61. The topological polar surface area (TPSA) is 92.3 Å². The van der Waals surface area contributed by atoms with Crippen molar-refractivity contribution in [2.45, 2.75) is 45.5 Å². The number of aryl methyl sites for hydroxylation is 2. The van der Waals surface area contributed by atoms with Gasteiger partial charge >= 0.3 is 12.1 Å². The van der Waals surface area contributed by atoms with Gasteiger partial charge in [-0.25, -0.2) is 9.78 Å². The van der Waals surface area contributed by atoms with Crippen molar-refractivity contribution in [3.8, 4) is 5.75 Å². The van der Waals surface area contributed by atoms with Crippen LogP contribution in [0, 0.1) is 0 Å². The van der Waals surface area contributed by atoms with Crippen molar-refractivity contribution in [3.05, 3.63) is 95.0 Å². The first-order chi connectivity index (χ1) is 18.8. The third-order valence-electron chi connectivity index (χ3n) is 5.66. The Labute approximate surface area is 223 Å². The predicted molar refractivity (Wildman–Crippen MR) is 137 cm³/mol. The smallest absolute Gasteiger partial charge is 0.416 e. The molecular weight excluding hydrogens is 513 g/mol. The zero-order valence-electron chi connectivity index (χ0n) is 21.2. The van der Waals surface area contributed by atoms with Gasteiger partial charge in [0, 0.05) is 12.6 Å². The zero-order valence-corrected chi connectivity index (χ0v) is 21.2. The summed E-state index contributed by atoms with van der Waals surface area (Å²) >= 11 is 0. The molecule has 0 saturated carbocycles. The fourth-order valence-corrected chi connectivity index (χ4v) is 3.64. The van der Waals surface area contributed by atoms with Crippen LogP contribution in [0.2, 0.25) is 0 Å². The Morgan fingerprint density at radius 2 is 1.82 bits per heavy atom. The number of hydrogen-bond acceptors (Lipinski definition) is 7. The largest absolute Gasteiger partial charge is 0.487 e. The van der Waals surface area contributed by atoms with Crippen molar-refractivity contribution in [3.63, 3.8) is 0 Å². The summed E-state index contributed by atoms with van der Waals surface area (Å²) in [4.78, 5) is 16.0. The number of unbranched alkanes of at least 4 members (excludes halogenated alkanes) is 1. The van der Waals surface area contributed by atoms with Gasteiger partial charge in [-0.3, -0.25) is 4.68 Å². The quantitative estimate of drug-likeness (QED) is 0.155. The van der Waals surface area contributed by atoms with Crippen molar-refractivity contribution in [2.75, 3.05) is 6.61 Å². The molecule has 0 bridgehead atoms. The zero-order chi connectivity index (χ0) is 27.7. The molecule has 204 valence electrons. The third-order valence-corrected chi connectivity index (χ3v) is 5.66. The summed E-state index contributed by atoms with van der Waals surface area (Å²) in [6, 6.07) is 12.6. The van der Waals surface area contributed by atoms with Gasteiger partial charge in [0.05, 0.1) is 18.4 Å². The Hall–Kier alpha value is -4.41. The molecule has 4 aromatic rings. The average Bonchev–Trinajstić information content (AvgIpc) is 3.59. The first kappa shape index (κ1) is 27.6. The molecule has 0 aliphatic rings. The van der Waals surface area contributed by atoms with Crippen LogP contribution < -0.4 is 4.74 Å². The molecule has 2 heterocycles. The van der Waals surface area contributed by atoms with Gasteiger partial charge in [-0.15, -0.1) is 5.10 Å². The number of aromatic nitrogens is 4. The van der Waals surface area contributed by atoms with Crippen LogP contribution in [0.1, 0.15) is 58.5 Å². The molecule has 0 aliphatic heterocycles. The van der Waals surface area contributed by atoms with Gasteiger partial charge in [0.1, 0.15) is 24.3 Å². The standard InChI is InChI=1S/C28H27F3N4O4/c1-2-37-27(36)25-17-35(34-33-25)16-4-3-5-20-8-13-24(14-9-20)38-18-23-19-39-26(32-23)15-10-21-6-11-22(12-7-21)28(29,30)31/h6-15,17,19H,2-5,16,18H2,1H3. The van der Waals surface area contributed by atoms with Gasteiger partial charge in [0.15, 0.2) is 5.69 Å². The van der Waals surface area contributed by atoms with Crippen LogP contribution in [0.15, 0.2) is 65.4 Å². The van der Waals surface area contributed by atoms with Crippen molar-refractivity contribution in [1.29, 1.82) is 0 Å². The third kappa shape index (κ3) is 8.29. The number of rotatable bonds is 12. The molecule has 11 heteroatoms. The van der Waals surface area contributed by atoms with E-state index in [1.807, 2.05) is 24.3 Å². The molecule has 0 atom stereocenters. The van der Waals surface area contributed by atoms with Crippen molar-refractivity contribution in [2.24, 2.45) is 0 Å². The summed E-state index contributed by atoms with van der Waals surface area (Å²) in [7, 11) is 0. The summed E-state index contributed by atoms with van der Waals surface area (Å²) in [5, 5.41) is 7.79. The maximum atomic E-state index is 12.7. The number of carbonyl (C=O) groups excluding carboxylic acids is 1. The average molecular weight is 541 g/mol. The fraction of sp³-hybridized carbons (Fsp3) is 0.286. The SMILES string of the molecule is CCOC(=O)c1cn(CCCCc2ccc(OCc3coc(C=Cc4ccc(C(F)(F)F)cc4)n3)cc2)nn1. The normalized spacial score (nSPS) is 11.7. The predicted octanol–water partition coefficient (Wildman–Crippen LogP) is 6.23. The molecule has 0 unspecified atom stereocenters. The van der Waals surface area contributed by atoms with E-state index in [1.165, 1.54) is 24.0 Å². The Kier molecular flexibility index (Phi) is 9.14. The highest BCUT2D eigenvalue weighted by Gasteiger charge is 2.29. The Bertz CT molecular complexity index is 1380. The van der Waals surface area contributed by atoms with E-state index < -0.39 is 17.7 Å². The molecular formula is C28H27F3N4O4. The summed E-state index contributed by atoms with van der Waals surface area (Å²) in [5.74, 6) is 0.549. The van der Waals surface area contributed by atoms with E-state index in [0.29, 0.717) is 36.0 Å². The lowest BCUT2D eigenvalue weighted by atomic mass is 10.1. The van der Waals surface area contributed by atoms with Crippen LogP contribution in [0.4, 0.5) is 13.2 Å². The van der Waals surface area contributed by atoms with Crippen LogP contribution in [0.3, 0.4) is 0 Å². The molecule has 0 radical (unpaired) electrons.